The monoisotopic (exact) mass is 229 g/mol. The van der Waals surface area contributed by atoms with Gasteiger partial charge in [0, 0.05) is 24.9 Å². The van der Waals surface area contributed by atoms with Crippen molar-refractivity contribution in [2.24, 2.45) is 0 Å². The Labute approximate surface area is 102 Å². The smallest absolute Gasteiger partial charge is 0.107 e. The highest BCUT2D eigenvalue weighted by atomic mass is 14.9. The molecule has 1 aromatic carbocycles. The molecule has 0 amide bonds. The van der Waals surface area contributed by atoms with Crippen LogP contribution < -0.4 is 5.32 Å². The molecule has 0 fully saturated rings. The number of aromatic nitrogens is 2. The summed E-state index contributed by atoms with van der Waals surface area (Å²) in [6, 6.07) is 9.14. The van der Waals surface area contributed by atoms with E-state index in [1.807, 2.05) is 13.2 Å². The number of hydrogen-bond donors (Lipinski definition) is 2. The summed E-state index contributed by atoms with van der Waals surface area (Å²) < 4.78 is 0. The lowest BCUT2D eigenvalue weighted by atomic mass is 10.0. The Bertz CT molecular complexity index is 431. The Hall–Kier alpha value is -1.61. The van der Waals surface area contributed by atoms with Gasteiger partial charge in [0.15, 0.2) is 0 Å². The first-order valence-corrected chi connectivity index (χ1v) is 5.99. The number of likely N-dealkylation sites (N-methyl/N-ethyl adjacent to an activating group) is 1. The van der Waals surface area contributed by atoms with E-state index in [1.165, 1.54) is 11.1 Å². The van der Waals surface area contributed by atoms with Crippen LogP contribution in [0.5, 0.6) is 0 Å². The minimum atomic E-state index is 0.420. The molecular formula is C14H19N3. The van der Waals surface area contributed by atoms with Gasteiger partial charge in [0.1, 0.15) is 5.82 Å². The first kappa shape index (κ1) is 11.9. The second-order valence-corrected chi connectivity index (χ2v) is 4.42. The fraction of sp³-hybridized carbons (Fsp3) is 0.357. The number of aryl methyl sites for hydroxylation is 1. The first-order valence-electron chi connectivity index (χ1n) is 5.99. The minimum absolute atomic E-state index is 0.420. The SMILES string of the molecule is CNC(Cc1ccc(C)cc1)Cc1ncc[nH]1. The molecule has 17 heavy (non-hydrogen) atoms. The van der Waals surface area contributed by atoms with E-state index in [-0.39, 0.29) is 0 Å². The molecule has 0 bridgehead atoms. The molecule has 2 N–H and O–H groups in total. The summed E-state index contributed by atoms with van der Waals surface area (Å²) in [5.41, 5.74) is 2.67. The maximum absolute atomic E-state index is 4.26. The Morgan fingerprint density at radius 2 is 2.00 bits per heavy atom. The van der Waals surface area contributed by atoms with Crippen molar-refractivity contribution in [1.29, 1.82) is 0 Å². The Morgan fingerprint density at radius 3 is 2.59 bits per heavy atom. The van der Waals surface area contributed by atoms with E-state index in [0.29, 0.717) is 6.04 Å². The van der Waals surface area contributed by atoms with Gasteiger partial charge < -0.3 is 10.3 Å². The molecule has 1 heterocycles. The van der Waals surface area contributed by atoms with Crippen molar-refractivity contribution in [2.45, 2.75) is 25.8 Å². The van der Waals surface area contributed by atoms with Crippen LogP contribution in [-0.4, -0.2) is 23.1 Å². The third-order valence-corrected chi connectivity index (χ3v) is 3.01. The highest BCUT2D eigenvalue weighted by Crippen LogP contribution is 2.08. The average molecular weight is 229 g/mol. The normalized spacial score (nSPS) is 12.6. The van der Waals surface area contributed by atoms with Gasteiger partial charge in [0.2, 0.25) is 0 Å². The molecule has 2 aromatic rings. The second kappa shape index (κ2) is 5.64. The van der Waals surface area contributed by atoms with Crippen molar-refractivity contribution < 1.29 is 0 Å². The minimum Gasteiger partial charge on any atom is -0.349 e. The predicted molar refractivity (Wildman–Crippen MR) is 70.0 cm³/mol. The lowest BCUT2D eigenvalue weighted by Gasteiger charge is -2.15. The third-order valence-electron chi connectivity index (χ3n) is 3.01. The van der Waals surface area contributed by atoms with Crippen molar-refractivity contribution in [3.05, 3.63) is 53.6 Å². The molecule has 0 spiro atoms. The predicted octanol–water partition coefficient (Wildman–Crippen LogP) is 2.09. The molecule has 0 aliphatic carbocycles. The number of hydrogen-bond acceptors (Lipinski definition) is 2. The van der Waals surface area contributed by atoms with Crippen LogP contribution in [0.15, 0.2) is 36.7 Å². The van der Waals surface area contributed by atoms with Gasteiger partial charge in [-0.25, -0.2) is 4.98 Å². The van der Waals surface area contributed by atoms with Crippen LogP contribution in [0, 0.1) is 6.92 Å². The van der Waals surface area contributed by atoms with Crippen molar-refractivity contribution in [3.8, 4) is 0 Å². The Kier molecular flexibility index (Phi) is 3.94. The summed E-state index contributed by atoms with van der Waals surface area (Å²) in [6.07, 6.45) is 5.62. The highest BCUT2D eigenvalue weighted by Gasteiger charge is 2.09. The number of benzene rings is 1. The molecule has 0 radical (unpaired) electrons. The van der Waals surface area contributed by atoms with Gasteiger partial charge in [-0.3, -0.25) is 0 Å². The van der Waals surface area contributed by atoms with Crippen LogP contribution in [0.2, 0.25) is 0 Å². The lowest BCUT2D eigenvalue weighted by Crippen LogP contribution is -2.30. The third kappa shape index (κ3) is 3.43. The Balaban J connectivity index is 1.97. The van der Waals surface area contributed by atoms with Gasteiger partial charge in [-0.05, 0) is 26.0 Å². The molecule has 1 atom stereocenters. The van der Waals surface area contributed by atoms with Crippen LogP contribution >= 0.6 is 0 Å². The van der Waals surface area contributed by atoms with Gasteiger partial charge >= 0.3 is 0 Å². The fourth-order valence-electron chi connectivity index (χ4n) is 1.93. The average Bonchev–Trinajstić information content (AvgIpc) is 2.84. The summed E-state index contributed by atoms with van der Waals surface area (Å²) in [7, 11) is 2.00. The zero-order valence-electron chi connectivity index (χ0n) is 10.4. The molecule has 3 heteroatoms. The summed E-state index contributed by atoms with van der Waals surface area (Å²) in [5.74, 6) is 1.04. The van der Waals surface area contributed by atoms with Crippen LogP contribution in [0.4, 0.5) is 0 Å². The molecule has 1 aromatic heterocycles. The van der Waals surface area contributed by atoms with Crippen LogP contribution in [-0.2, 0) is 12.8 Å². The summed E-state index contributed by atoms with van der Waals surface area (Å²) >= 11 is 0. The maximum Gasteiger partial charge on any atom is 0.107 e. The van der Waals surface area contributed by atoms with E-state index in [1.54, 1.807) is 6.20 Å². The van der Waals surface area contributed by atoms with E-state index < -0.39 is 0 Å². The maximum atomic E-state index is 4.26. The molecule has 3 nitrogen and oxygen atoms in total. The van der Waals surface area contributed by atoms with Crippen molar-refractivity contribution in [3.63, 3.8) is 0 Å². The number of rotatable bonds is 5. The topological polar surface area (TPSA) is 40.7 Å². The second-order valence-electron chi connectivity index (χ2n) is 4.42. The largest absolute Gasteiger partial charge is 0.349 e. The van der Waals surface area contributed by atoms with Gasteiger partial charge in [-0.2, -0.15) is 0 Å². The summed E-state index contributed by atoms with van der Waals surface area (Å²) in [6.45, 7) is 2.11. The van der Waals surface area contributed by atoms with Crippen molar-refractivity contribution in [1.82, 2.24) is 15.3 Å². The zero-order valence-corrected chi connectivity index (χ0v) is 10.4. The van der Waals surface area contributed by atoms with E-state index >= 15 is 0 Å². The zero-order chi connectivity index (χ0) is 12.1. The van der Waals surface area contributed by atoms with E-state index in [4.69, 9.17) is 0 Å². The molecular weight excluding hydrogens is 210 g/mol. The molecule has 0 aliphatic rings. The van der Waals surface area contributed by atoms with Crippen LogP contribution in [0.25, 0.3) is 0 Å². The molecule has 0 saturated heterocycles. The highest BCUT2D eigenvalue weighted by molar-refractivity contribution is 5.22. The van der Waals surface area contributed by atoms with Gasteiger partial charge in [-0.15, -0.1) is 0 Å². The first-order chi connectivity index (χ1) is 8.28. The van der Waals surface area contributed by atoms with Crippen molar-refractivity contribution in [2.75, 3.05) is 7.05 Å². The summed E-state index contributed by atoms with van der Waals surface area (Å²) in [5, 5.41) is 3.34. The van der Waals surface area contributed by atoms with Crippen LogP contribution in [0.1, 0.15) is 17.0 Å². The standard InChI is InChI=1S/C14H19N3/c1-11-3-5-12(6-4-11)9-13(15-2)10-14-16-7-8-17-14/h3-8,13,15H,9-10H2,1-2H3,(H,16,17). The molecule has 90 valence electrons. The van der Waals surface area contributed by atoms with E-state index in [2.05, 4.69) is 46.5 Å². The fourth-order valence-corrected chi connectivity index (χ4v) is 1.93. The number of nitrogens with one attached hydrogen (secondary N) is 2. The summed E-state index contributed by atoms with van der Waals surface area (Å²) in [4.78, 5) is 7.41. The molecule has 2 rings (SSSR count). The number of H-pyrrole nitrogens is 1. The van der Waals surface area contributed by atoms with Crippen LogP contribution in [0.3, 0.4) is 0 Å². The Morgan fingerprint density at radius 1 is 1.24 bits per heavy atom. The van der Waals surface area contributed by atoms with Gasteiger partial charge in [0.05, 0.1) is 0 Å². The van der Waals surface area contributed by atoms with E-state index in [0.717, 1.165) is 18.7 Å². The quantitative estimate of drug-likeness (QED) is 0.824. The molecule has 0 saturated carbocycles. The van der Waals surface area contributed by atoms with E-state index in [9.17, 15) is 0 Å². The lowest BCUT2D eigenvalue weighted by molar-refractivity contribution is 0.545. The van der Waals surface area contributed by atoms with Gasteiger partial charge in [-0.1, -0.05) is 29.8 Å². The number of aromatic amines is 1. The number of nitrogens with zero attached hydrogens (tertiary/aromatic N) is 1. The number of imidazole rings is 1. The van der Waals surface area contributed by atoms with Gasteiger partial charge in [0.25, 0.3) is 0 Å². The molecule has 0 aliphatic heterocycles. The molecule has 1 unspecified atom stereocenters. The van der Waals surface area contributed by atoms with Crippen molar-refractivity contribution >= 4 is 0 Å².